The fourth-order valence-electron chi connectivity index (χ4n) is 3.30. The van der Waals surface area contributed by atoms with Gasteiger partial charge in [0.2, 0.25) is 5.91 Å². The quantitative estimate of drug-likeness (QED) is 0.833. The molecular formula is C20H25N3O3. The number of furan rings is 1. The number of likely N-dealkylation sites (tertiary alicyclic amines) is 1. The van der Waals surface area contributed by atoms with Gasteiger partial charge in [-0.15, -0.1) is 0 Å². The van der Waals surface area contributed by atoms with Gasteiger partial charge in [0.15, 0.2) is 0 Å². The smallest absolute Gasteiger partial charge is 0.259 e. The molecule has 3 rings (SSSR count). The fraction of sp³-hybridized carbons (Fsp3) is 0.400. The van der Waals surface area contributed by atoms with Crippen LogP contribution in [0.2, 0.25) is 0 Å². The van der Waals surface area contributed by atoms with Crippen molar-refractivity contribution in [2.24, 2.45) is 11.7 Å². The molecule has 0 aliphatic carbocycles. The number of hydrogen-bond donors (Lipinski definition) is 2. The Kier molecular flexibility index (Phi) is 5.73. The van der Waals surface area contributed by atoms with Gasteiger partial charge in [-0.25, -0.2) is 0 Å². The van der Waals surface area contributed by atoms with Crippen molar-refractivity contribution in [3.05, 3.63) is 53.5 Å². The zero-order valence-corrected chi connectivity index (χ0v) is 15.0. The molecule has 0 unspecified atom stereocenters. The molecule has 2 amide bonds. The third-order valence-corrected chi connectivity index (χ3v) is 5.02. The lowest BCUT2D eigenvalue weighted by Crippen LogP contribution is -2.39. The molecule has 2 aromatic rings. The topological polar surface area (TPSA) is 88.6 Å². The molecule has 26 heavy (non-hydrogen) atoms. The molecule has 0 spiro atoms. The van der Waals surface area contributed by atoms with Crippen LogP contribution in [0.5, 0.6) is 0 Å². The SMILES string of the molecule is Cc1occc1C(=O)Nc1ccc(CCN2CCC(C(N)=O)CC2)cc1. The first-order valence-corrected chi connectivity index (χ1v) is 8.99. The van der Waals surface area contributed by atoms with Gasteiger partial charge in [-0.3, -0.25) is 9.59 Å². The average molecular weight is 355 g/mol. The molecule has 6 heteroatoms. The van der Waals surface area contributed by atoms with Crippen molar-refractivity contribution in [1.29, 1.82) is 0 Å². The summed E-state index contributed by atoms with van der Waals surface area (Å²) in [5.41, 5.74) is 7.91. The van der Waals surface area contributed by atoms with E-state index < -0.39 is 0 Å². The molecule has 3 N–H and O–H groups in total. The number of hydrogen-bond acceptors (Lipinski definition) is 4. The number of piperidine rings is 1. The van der Waals surface area contributed by atoms with Gasteiger partial charge in [0.1, 0.15) is 5.76 Å². The summed E-state index contributed by atoms with van der Waals surface area (Å²) in [4.78, 5) is 25.8. The number of primary amides is 1. The van der Waals surface area contributed by atoms with Crippen LogP contribution in [0, 0.1) is 12.8 Å². The average Bonchev–Trinajstić information content (AvgIpc) is 3.07. The molecule has 0 radical (unpaired) electrons. The Labute approximate surface area is 153 Å². The molecular weight excluding hydrogens is 330 g/mol. The highest BCUT2D eigenvalue weighted by Gasteiger charge is 2.22. The summed E-state index contributed by atoms with van der Waals surface area (Å²) in [6.07, 6.45) is 4.16. The maximum atomic E-state index is 12.2. The predicted octanol–water partition coefficient (Wildman–Crippen LogP) is 2.58. The Hall–Kier alpha value is -2.60. The lowest BCUT2D eigenvalue weighted by atomic mass is 9.96. The predicted molar refractivity (Wildman–Crippen MR) is 99.9 cm³/mol. The minimum Gasteiger partial charge on any atom is -0.469 e. The van der Waals surface area contributed by atoms with Crippen LogP contribution >= 0.6 is 0 Å². The molecule has 1 aromatic carbocycles. The van der Waals surface area contributed by atoms with E-state index in [0.717, 1.165) is 44.6 Å². The molecule has 6 nitrogen and oxygen atoms in total. The van der Waals surface area contributed by atoms with Gasteiger partial charge in [0.25, 0.3) is 5.91 Å². The highest BCUT2D eigenvalue weighted by Crippen LogP contribution is 2.18. The van der Waals surface area contributed by atoms with E-state index in [1.165, 1.54) is 11.8 Å². The van der Waals surface area contributed by atoms with Crippen LogP contribution < -0.4 is 11.1 Å². The third-order valence-electron chi connectivity index (χ3n) is 5.02. The number of aryl methyl sites for hydroxylation is 1. The number of nitrogens with two attached hydrogens (primary N) is 1. The zero-order valence-electron chi connectivity index (χ0n) is 15.0. The van der Waals surface area contributed by atoms with Crippen molar-refractivity contribution < 1.29 is 14.0 Å². The Bertz CT molecular complexity index is 759. The summed E-state index contributed by atoms with van der Waals surface area (Å²) in [6.45, 7) is 4.58. The molecule has 1 aliphatic heterocycles. The van der Waals surface area contributed by atoms with Crippen molar-refractivity contribution >= 4 is 17.5 Å². The van der Waals surface area contributed by atoms with Crippen molar-refractivity contribution in [2.45, 2.75) is 26.2 Å². The summed E-state index contributed by atoms with van der Waals surface area (Å²) >= 11 is 0. The molecule has 1 aromatic heterocycles. The second-order valence-corrected chi connectivity index (χ2v) is 6.81. The summed E-state index contributed by atoms with van der Waals surface area (Å²) in [5, 5.41) is 2.88. The minimum atomic E-state index is -0.173. The van der Waals surface area contributed by atoms with E-state index in [-0.39, 0.29) is 17.7 Å². The van der Waals surface area contributed by atoms with Gasteiger partial charge in [0, 0.05) is 18.2 Å². The van der Waals surface area contributed by atoms with Crippen LogP contribution in [0.25, 0.3) is 0 Å². The molecule has 1 saturated heterocycles. The van der Waals surface area contributed by atoms with Crippen LogP contribution in [-0.4, -0.2) is 36.3 Å². The largest absolute Gasteiger partial charge is 0.469 e. The summed E-state index contributed by atoms with van der Waals surface area (Å²) in [5.74, 6) is 0.307. The number of anilines is 1. The Morgan fingerprint density at radius 3 is 2.46 bits per heavy atom. The summed E-state index contributed by atoms with van der Waals surface area (Å²) in [6, 6.07) is 9.58. The molecule has 0 bridgehead atoms. The van der Waals surface area contributed by atoms with E-state index in [2.05, 4.69) is 10.2 Å². The van der Waals surface area contributed by atoms with Crippen LogP contribution in [0.15, 0.2) is 41.0 Å². The zero-order chi connectivity index (χ0) is 18.5. The van der Waals surface area contributed by atoms with Crippen LogP contribution in [0.1, 0.15) is 34.5 Å². The van der Waals surface area contributed by atoms with Gasteiger partial charge in [-0.2, -0.15) is 0 Å². The molecule has 138 valence electrons. The first kappa shape index (κ1) is 18.2. The van der Waals surface area contributed by atoms with Crippen LogP contribution in [-0.2, 0) is 11.2 Å². The van der Waals surface area contributed by atoms with Gasteiger partial charge in [-0.05, 0) is 63.0 Å². The number of carbonyl (C=O) groups excluding carboxylic acids is 2. The van der Waals surface area contributed by atoms with Crippen molar-refractivity contribution in [3.63, 3.8) is 0 Å². The number of amides is 2. The first-order valence-electron chi connectivity index (χ1n) is 8.99. The normalized spacial score (nSPS) is 15.7. The lowest BCUT2D eigenvalue weighted by Gasteiger charge is -2.30. The molecule has 2 heterocycles. The Morgan fingerprint density at radius 1 is 1.19 bits per heavy atom. The second-order valence-electron chi connectivity index (χ2n) is 6.81. The van der Waals surface area contributed by atoms with Gasteiger partial charge < -0.3 is 20.4 Å². The Morgan fingerprint density at radius 2 is 1.88 bits per heavy atom. The Balaban J connectivity index is 1.47. The number of benzene rings is 1. The van der Waals surface area contributed by atoms with Crippen molar-refractivity contribution in [2.75, 3.05) is 25.0 Å². The van der Waals surface area contributed by atoms with Gasteiger partial charge >= 0.3 is 0 Å². The van der Waals surface area contributed by atoms with E-state index in [1.807, 2.05) is 24.3 Å². The lowest BCUT2D eigenvalue weighted by molar-refractivity contribution is -0.123. The van der Waals surface area contributed by atoms with E-state index >= 15 is 0 Å². The third kappa shape index (κ3) is 4.52. The van der Waals surface area contributed by atoms with Crippen molar-refractivity contribution in [1.82, 2.24) is 4.90 Å². The second kappa shape index (κ2) is 8.19. The molecule has 0 atom stereocenters. The molecule has 1 aliphatic rings. The molecule has 1 fully saturated rings. The van der Waals surface area contributed by atoms with Crippen LogP contribution in [0.3, 0.4) is 0 Å². The standard InChI is InChI=1S/C20H25N3O3/c1-14-18(9-13-26-14)20(25)22-17-4-2-15(3-5-17)6-10-23-11-7-16(8-12-23)19(21)24/h2-5,9,13,16H,6-8,10-12H2,1H3,(H2,21,24)(H,22,25). The maximum absolute atomic E-state index is 12.2. The van der Waals surface area contributed by atoms with Gasteiger partial charge in [-0.1, -0.05) is 12.1 Å². The monoisotopic (exact) mass is 355 g/mol. The van der Waals surface area contributed by atoms with E-state index in [9.17, 15) is 9.59 Å². The minimum absolute atomic E-state index is 0.0352. The summed E-state index contributed by atoms with van der Waals surface area (Å²) in [7, 11) is 0. The number of carbonyl (C=O) groups is 2. The number of rotatable bonds is 6. The van der Waals surface area contributed by atoms with Gasteiger partial charge in [0.05, 0.1) is 11.8 Å². The first-order chi connectivity index (χ1) is 12.5. The highest BCUT2D eigenvalue weighted by atomic mass is 16.3. The highest BCUT2D eigenvalue weighted by molar-refractivity contribution is 6.04. The summed E-state index contributed by atoms with van der Waals surface area (Å²) < 4.78 is 5.16. The van der Waals surface area contributed by atoms with E-state index in [1.54, 1.807) is 13.0 Å². The fourth-order valence-corrected chi connectivity index (χ4v) is 3.30. The van der Waals surface area contributed by atoms with E-state index in [0.29, 0.717) is 11.3 Å². The maximum Gasteiger partial charge on any atom is 0.259 e. The molecule has 0 saturated carbocycles. The number of nitrogens with one attached hydrogen (secondary N) is 1. The van der Waals surface area contributed by atoms with Crippen molar-refractivity contribution in [3.8, 4) is 0 Å². The van der Waals surface area contributed by atoms with E-state index in [4.69, 9.17) is 10.2 Å². The number of nitrogens with zero attached hydrogens (tertiary/aromatic N) is 1. The van der Waals surface area contributed by atoms with Crippen LogP contribution in [0.4, 0.5) is 5.69 Å².